The first kappa shape index (κ1) is 13.1. The topological polar surface area (TPSA) is 26.0 Å². The fourth-order valence-corrected chi connectivity index (χ4v) is 2.30. The number of benzene rings is 2. The molecule has 0 radical (unpaired) electrons. The molecule has 94 valence electrons. The molecule has 0 heterocycles. The first-order valence-electron chi connectivity index (χ1n) is 5.83. The zero-order chi connectivity index (χ0) is 13.1. The summed E-state index contributed by atoms with van der Waals surface area (Å²) in [5.74, 6) is -0.300. The first-order chi connectivity index (χ1) is 8.59. The number of hydrogen-bond acceptors (Lipinski definition) is 1. The number of rotatable bonds is 3. The van der Waals surface area contributed by atoms with Crippen LogP contribution in [0.2, 0.25) is 5.02 Å². The Morgan fingerprint density at radius 1 is 1.17 bits per heavy atom. The van der Waals surface area contributed by atoms with Gasteiger partial charge in [-0.15, -0.1) is 0 Å². The van der Waals surface area contributed by atoms with Crippen LogP contribution in [0.15, 0.2) is 42.5 Å². The van der Waals surface area contributed by atoms with Crippen LogP contribution >= 0.6 is 11.6 Å². The Balaban J connectivity index is 2.27. The summed E-state index contributed by atoms with van der Waals surface area (Å²) in [7, 11) is 0. The molecule has 2 N–H and O–H groups in total. The Labute approximate surface area is 111 Å². The highest BCUT2D eigenvalue weighted by atomic mass is 35.5. The Morgan fingerprint density at radius 2 is 1.89 bits per heavy atom. The normalized spacial score (nSPS) is 12.4. The molecule has 0 fully saturated rings. The molecule has 3 heteroatoms. The maximum Gasteiger partial charge on any atom is 0.127 e. The highest BCUT2D eigenvalue weighted by molar-refractivity contribution is 6.31. The average Bonchev–Trinajstić information content (AvgIpc) is 2.34. The Bertz CT molecular complexity index is 534. The fourth-order valence-electron chi connectivity index (χ4n) is 2.06. The molecule has 0 aliphatic rings. The minimum absolute atomic E-state index is 0.249. The molecule has 0 bridgehead atoms. The van der Waals surface area contributed by atoms with Gasteiger partial charge in [0.05, 0.1) is 0 Å². The molecule has 2 rings (SSSR count). The molecule has 2 aromatic carbocycles. The molecular weight excluding hydrogens is 249 g/mol. The molecule has 0 saturated heterocycles. The van der Waals surface area contributed by atoms with Crippen LogP contribution < -0.4 is 5.73 Å². The van der Waals surface area contributed by atoms with Gasteiger partial charge < -0.3 is 5.73 Å². The summed E-state index contributed by atoms with van der Waals surface area (Å²) in [4.78, 5) is 0. The van der Waals surface area contributed by atoms with Crippen molar-refractivity contribution in [3.63, 3.8) is 0 Å². The molecule has 0 aliphatic carbocycles. The van der Waals surface area contributed by atoms with Crippen molar-refractivity contribution in [1.29, 1.82) is 0 Å². The second-order valence-electron chi connectivity index (χ2n) is 4.37. The lowest BCUT2D eigenvalue weighted by Gasteiger charge is -2.16. The van der Waals surface area contributed by atoms with Crippen LogP contribution in [0, 0.1) is 12.7 Å². The first-order valence-corrected chi connectivity index (χ1v) is 6.21. The van der Waals surface area contributed by atoms with Crippen molar-refractivity contribution in [1.82, 2.24) is 0 Å². The third-order valence-electron chi connectivity index (χ3n) is 3.07. The summed E-state index contributed by atoms with van der Waals surface area (Å²) in [6.45, 7) is 2.00. The third kappa shape index (κ3) is 2.71. The summed E-state index contributed by atoms with van der Waals surface area (Å²) in [5, 5.41) is 0.430. The second kappa shape index (κ2) is 5.51. The zero-order valence-electron chi connectivity index (χ0n) is 10.2. The van der Waals surface area contributed by atoms with Gasteiger partial charge in [-0.05, 0) is 36.6 Å². The smallest absolute Gasteiger partial charge is 0.127 e. The van der Waals surface area contributed by atoms with Crippen LogP contribution in [0.1, 0.15) is 22.7 Å². The predicted molar refractivity (Wildman–Crippen MR) is 73.2 cm³/mol. The third-order valence-corrected chi connectivity index (χ3v) is 3.43. The molecule has 0 amide bonds. The number of halogens is 2. The van der Waals surface area contributed by atoms with Gasteiger partial charge in [-0.1, -0.05) is 41.9 Å². The van der Waals surface area contributed by atoms with Crippen LogP contribution in [0.5, 0.6) is 0 Å². The van der Waals surface area contributed by atoms with Gasteiger partial charge in [-0.25, -0.2) is 4.39 Å². The van der Waals surface area contributed by atoms with E-state index in [1.165, 1.54) is 6.07 Å². The van der Waals surface area contributed by atoms with E-state index < -0.39 is 0 Å². The second-order valence-corrected chi connectivity index (χ2v) is 4.77. The van der Waals surface area contributed by atoms with E-state index in [-0.39, 0.29) is 11.9 Å². The minimum atomic E-state index is -0.300. The van der Waals surface area contributed by atoms with E-state index in [1.54, 1.807) is 12.1 Å². The van der Waals surface area contributed by atoms with Gasteiger partial charge in [0.25, 0.3) is 0 Å². The Morgan fingerprint density at radius 3 is 2.56 bits per heavy atom. The largest absolute Gasteiger partial charge is 0.324 e. The number of nitrogens with two attached hydrogens (primary N) is 1. The molecule has 1 nitrogen and oxygen atoms in total. The summed E-state index contributed by atoms with van der Waals surface area (Å²) < 4.78 is 13.7. The quantitative estimate of drug-likeness (QED) is 0.889. The van der Waals surface area contributed by atoms with Gasteiger partial charge in [0, 0.05) is 16.6 Å². The van der Waals surface area contributed by atoms with Crippen molar-refractivity contribution in [2.24, 2.45) is 5.73 Å². The van der Waals surface area contributed by atoms with E-state index >= 15 is 0 Å². The van der Waals surface area contributed by atoms with Gasteiger partial charge in [0.15, 0.2) is 0 Å². The van der Waals surface area contributed by atoms with E-state index in [2.05, 4.69) is 0 Å². The van der Waals surface area contributed by atoms with Gasteiger partial charge in [-0.3, -0.25) is 0 Å². The molecule has 2 aromatic rings. The predicted octanol–water partition coefficient (Wildman–Crippen LogP) is 4.03. The van der Waals surface area contributed by atoms with Crippen molar-refractivity contribution in [2.75, 3.05) is 0 Å². The van der Waals surface area contributed by atoms with Gasteiger partial charge >= 0.3 is 0 Å². The molecule has 0 aliphatic heterocycles. The van der Waals surface area contributed by atoms with Crippen LogP contribution in [-0.4, -0.2) is 0 Å². The van der Waals surface area contributed by atoms with Crippen molar-refractivity contribution < 1.29 is 4.39 Å². The highest BCUT2D eigenvalue weighted by Gasteiger charge is 2.14. The van der Waals surface area contributed by atoms with E-state index in [1.807, 2.05) is 31.2 Å². The van der Waals surface area contributed by atoms with Crippen molar-refractivity contribution >= 4 is 11.6 Å². The van der Waals surface area contributed by atoms with Crippen molar-refractivity contribution in [3.8, 4) is 0 Å². The fraction of sp³-hybridized carbons (Fsp3) is 0.200. The summed E-state index contributed by atoms with van der Waals surface area (Å²) in [5.41, 5.74) is 8.76. The van der Waals surface area contributed by atoms with Crippen molar-refractivity contribution in [2.45, 2.75) is 19.4 Å². The zero-order valence-corrected chi connectivity index (χ0v) is 10.9. The molecule has 1 unspecified atom stereocenters. The number of hydrogen-bond donors (Lipinski definition) is 1. The maximum absolute atomic E-state index is 13.7. The van der Waals surface area contributed by atoms with Gasteiger partial charge in [0.2, 0.25) is 0 Å². The molecule has 1 atom stereocenters. The minimum Gasteiger partial charge on any atom is -0.324 e. The lowest BCUT2D eigenvalue weighted by Crippen LogP contribution is -2.15. The van der Waals surface area contributed by atoms with E-state index in [4.69, 9.17) is 17.3 Å². The standard InChI is InChI=1S/C15H15ClFN/c1-10-5-2-3-6-11(10)15(18)9-12-13(16)7-4-8-14(12)17/h2-8,15H,9,18H2,1H3. The van der Waals surface area contributed by atoms with E-state index in [9.17, 15) is 4.39 Å². The van der Waals surface area contributed by atoms with Crippen LogP contribution in [0.25, 0.3) is 0 Å². The molecule has 0 saturated carbocycles. The molecule has 0 spiro atoms. The van der Waals surface area contributed by atoms with Crippen LogP contribution in [0.3, 0.4) is 0 Å². The highest BCUT2D eigenvalue weighted by Crippen LogP contribution is 2.25. The van der Waals surface area contributed by atoms with Gasteiger partial charge in [-0.2, -0.15) is 0 Å². The lowest BCUT2D eigenvalue weighted by molar-refractivity contribution is 0.593. The molecule has 0 aromatic heterocycles. The number of aryl methyl sites for hydroxylation is 1. The van der Waals surface area contributed by atoms with Crippen LogP contribution in [0.4, 0.5) is 4.39 Å². The molecular formula is C15H15ClFN. The Kier molecular flexibility index (Phi) is 4.00. The summed E-state index contributed by atoms with van der Waals surface area (Å²) in [6, 6.07) is 12.3. The van der Waals surface area contributed by atoms with E-state index in [0.29, 0.717) is 17.0 Å². The molecule has 18 heavy (non-hydrogen) atoms. The lowest BCUT2D eigenvalue weighted by atomic mass is 9.96. The maximum atomic E-state index is 13.7. The van der Waals surface area contributed by atoms with E-state index in [0.717, 1.165) is 11.1 Å². The summed E-state index contributed by atoms with van der Waals surface area (Å²) in [6.07, 6.45) is 0.399. The monoisotopic (exact) mass is 263 g/mol. The SMILES string of the molecule is Cc1ccccc1C(N)Cc1c(F)cccc1Cl. The van der Waals surface area contributed by atoms with Gasteiger partial charge in [0.1, 0.15) is 5.82 Å². The summed E-state index contributed by atoms with van der Waals surface area (Å²) >= 11 is 6.01. The van der Waals surface area contributed by atoms with Crippen LogP contribution in [-0.2, 0) is 6.42 Å². The Hall–Kier alpha value is -1.38. The van der Waals surface area contributed by atoms with Crippen molar-refractivity contribution in [3.05, 3.63) is 70.0 Å². The average molecular weight is 264 g/mol.